The average Bonchev–Trinajstić information content (AvgIpc) is 2.46. The van der Waals surface area contributed by atoms with E-state index in [1.807, 2.05) is 18.2 Å². The number of para-hydroxylation sites is 1. The third-order valence-corrected chi connectivity index (χ3v) is 3.90. The van der Waals surface area contributed by atoms with Crippen LogP contribution < -0.4 is 10.5 Å². The van der Waals surface area contributed by atoms with Gasteiger partial charge in [-0.3, -0.25) is 0 Å². The Balaban J connectivity index is 2.67. The number of nitrogens with two attached hydrogens (primary N) is 1. The molecule has 0 spiro atoms. The van der Waals surface area contributed by atoms with E-state index in [1.54, 1.807) is 0 Å². The highest BCUT2D eigenvalue weighted by atomic mass is 35.5. The van der Waals surface area contributed by atoms with Gasteiger partial charge in [-0.1, -0.05) is 44.5 Å². The van der Waals surface area contributed by atoms with E-state index >= 15 is 0 Å². The lowest BCUT2D eigenvalue weighted by Crippen LogP contribution is -2.28. The normalized spacial score (nSPS) is 12.7. The number of ether oxygens (including phenoxy) is 1. The minimum absolute atomic E-state index is 0.151. The van der Waals surface area contributed by atoms with Crippen molar-refractivity contribution in [1.29, 1.82) is 0 Å². The molecule has 0 radical (unpaired) electrons. The molecule has 114 valence electrons. The van der Waals surface area contributed by atoms with Crippen molar-refractivity contribution in [3.8, 4) is 5.75 Å². The van der Waals surface area contributed by atoms with Crippen molar-refractivity contribution >= 4 is 11.6 Å². The Hall–Kier alpha value is -0.770. The Morgan fingerprint density at radius 3 is 2.55 bits per heavy atom. The smallest absolute Gasteiger partial charge is 0.141 e. The minimum atomic E-state index is 0.151. The molecule has 0 bridgehead atoms. The van der Waals surface area contributed by atoms with Crippen molar-refractivity contribution in [2.45, 2.75) is 39.7 Å². The summed E-state index contributed by atoms with van der Waals surface area (Å²) in [7, 11) is 0. The second-order valence-electron chi connectivity index (χ2n) is 4.98. The second kappa shape index (κ2) is 9.22. The van der Waals surface area contributed by atoms with Crippen molar-refractivity contribution in [3.63, 3.8) is 0 Å². The summed E-state index contributed by atoms with van der Waals surface area (Å²) in [6.07, 6.45) is 1.75. The molecule has 1 aromatic rings. The third-order valence-electron chi connectivity index (χ3n) is 3.60. The summed E-state index contributed by atoms with van der Waals surface area (Å²) in [6.45, 7) is 10.1. The van der Waals surface area contributed by atoms with Crippen LogP contribution in [0, 0.1) is 0 Å². The number of likely N-dealkylation sites (N-methyl/N-ethyl adjacent to an activating group) is 1. The molecule has 0 aliphatic heterocycles. The zero-order chi connectivity index (χ0) is 15.0. The van der Waals surface area contributed by atoms with Crippen LogP contribution in [0.25, 0.3) is 0 Å². The fraction of sp³-hybridized carbons (Fsp3) is 0.625. The number of hydrogen-bond donors (Lipinski definition) is 1. The Morgan fingerprint density at radius 1 is 1.25 bits per heavy atom. The molecular formula is C16H27ClN2O. The molecule has 0 heterocycles. The highest BCUT2D eigenvalue weighted by Crippen LogP contribution is 2.29. The summed E-state index contributed by atoms with van der Waals surface area (Å²) in [6, 6.07) is 6.03. The third kappa shape index (κ3) is 5.31. The Kier molecular flexibility index (Phi) is 7.97. The first kappa shape index (κ1) is 17.3. The molecular weight excluding hydrogens is 272 g/mol. The van der Waals surface area contributed by atoms with Gasteiger partial charge < -0.3 is 15.4 Å². The minimum Gasteiger partial charge on any atom is -0.490 e. The number of hydrogen-bond acceptors (Lipinski definition) is 3. The van der Waals surface area contributed by atoms with Gasteiger partial charge in [-0.05, 0) is 37.6 Å². The summed E-state index contributed by atoms with van der Waals surface area (Å²) in [5.41, 5.74) is 7.14. The van der Waals surface area contributed by atoms with Gasteiger partial charge in [0.25, 0.3) is 0 Å². The maximum atomic E-state index is 6.26. The van der Waals surface area contributed by atoms with Crippen LogP contribution in [0.15, 0.2) is 18.2 Å². The topological polar surface area (TPSA) is 38.5 Å². The lowest BCUT2D eigenvalue weighted by Gasteiger charge is -2.20. The summed E-state index contributed by atoms with van der Waals surface area (Å²) < 4.78 is 5.92. The van der Waals surface area contributed by atoms with E-state index in [0.717, 1.165) is 43.8 Å². The van der Waals surface area contributed by atoms with E-state index in [1.165, 1.54) is 0 Å². The SMILES string of the molecule is CCC(N)Cc1cccc(Cl)c1OCCN(CC)CC. The van der Waals surface area contributed by atoms with Gasteiger partial charge in [0, 0.05) is 12.6 Å². The van der Waals surface area contributed by atoms with Crippen molar-refractivity contribution in [1.82, 2.24) is 4.90 Å². The van der Waals surface area contributed by atoms with Gasteiger partial charge in [0.1, 0.15) is 12.4 Å². The van der Waals surface area contributed by atoms with Crippen LogP contribution >= 0.6 is 11.6 Å². The van der Waals surface area contributed by atoms with Crippen LogP contribution in [0.3, 0.4) is 0 Å². The molecule has 2 N–H and O–H groups in total. The highest BCUT2D eigenvalue weighted by molar-refractivity contribution is 6.32. The van der Waals surface area contributed by atoms with Gasteiger partial charge in [-0.15, -0.1) is 0 Å². The van der Waals surface area contributed by atoms with E-state index in [9.17, 15) is 0 Å². The molecule has 0 aromatic heterocycles. The van der Waals surface area contributed by atoms with Crippen LogP contribution in [0.1, 0.15) is 32.8 Å². The van der Waals surface area contributed by atoms with Gasteiger partial charge in [0.2, 0.25) is 0 Å². The average molecular weight is 299 g/mol. The van der Waals surface area contributed by atoms with Crippen LogP contribution in [0.2, 0.25) is 5.02 Å². The standard InChI is InChI=1S/C16H27ClN2O/c1-4-14(18)12-13-8-7-9-15(17)16(13)20-11-10-19(5-2)6-3/h7-9,14H,4-6,10-12,18H2,1-3H3. The molecule has 0 aliphatic carbocycles. The predicted molar refractivity (Wildman–Crippen MR) is 86.7 cm³/mol. The zero-order valence-corrected chi connectivity index (χ0v) is 13.6. The fourth-order valence-electron chi connectivity index (χ4n) is 2.12. The van der Waals surface area contributed by atoms with E-state index < -0.39 is 0 Å². The zero-order valence-electron chi connectivity index (χ0n) is 12.9. The first-order chi connectivity index (χ1) is 9.62. The molecule has 4 heteroatoms. The lowest BCUT2D eigenvalue weighted by atomic mass is 10.0. The van der Waals surface area contributed by atoms with Crippen LogP contribution in [0.4, 0.5) is 0 Å². The Bertz CT molecular complexity index is 394. The van der Waals surface area contributed by atoms with Crippen LogP contribution in [0.5, 0.6) is 5.75 Å². The first-order valence-corrected chi connectivity index (χ1v) is 7.88. The molecule has 1 rings (SSSR count). The molecule has 1 unspecified atom stereocenters. The molecule has 20 heavy (non-hydrogen) atoms. The van der Waals surface area contributed by atoms with Crippen molar-refractivity contribution in [2.24, 2.45) is 5.73 Å². The van der Waals surface area contributed by atoms with Gasteiger partial charge in [-0.2, -0.15) is 0 Å². The lowest BCUT2D eigenvalue weighted by molar-refractivity contribution is 0.221. The van der Waals surface area contributed by atoms with Crippen molar-refractivity contribution in [2.75, 3.05) is 26.2 Å². The largest absolute Gasteiger partial charge is 0.490 e. The quantitative estimate of drug-likeness (QED) is 0.760. The van der Waals surface area contributed by atoms with Crippen molar-refractivity contribution < 1.29 is 4.74 Å². The van der Waals surface area contributed by atoms with Gasteiger partial charge in [0.05, 0.1) is 5.02 Å². The molecule has 0 saturated heterocycles. The van der Waals surface area contributed by atoms with E-state index in [2.05, 4.69) is 25.7 Å². The fourth-order valence-corrected chi connectivity index (χ4v) is 2.37. The molecule has 0 aliphatic rings. The van der Waals surface area contributed by atoms with E-state index in [0.29, 0.717) is 11.6 Å². The molecule has 0 saturated carbocycles. The maximum Gasteiger partial charge on any atom is 0.141 e. The van der Waals surface area contributed by atoms with Crippen LogP contribution in [-0.2, 0) is 6.42 Å². The molecule has 1 atom stereocenters. The van der Waals surface area contributed by atoms with Gasteiger partial charge >= 0.3 is 0 Å². The van der Waals surface area contributed by atoms with Crippen molar-refractivity contribution in [3.05, 3.63) is 28.8 Å². The Labute approximate surface area is 128 Å². The highest BCUT2D eigenvalue weighted by Gasteiger charge is 2.11. The Morgan fingerprint density at radius 2 is 1.95 bits per heavy atom. The maximum absolute atomic E-state index is 6.26. The number of benzene rings is 1. The number of halogens is 1. The summed E-state index contributed by atoms with van der Waals surface area (Å²) in [5.74, 6) is 0.797. The second-order valence-corrected chi connectivity index (χ2v) is 5.38. The number of rotatable bonds is 9. The molecule has 0 amide bonds. The summed E-state index contributed by atoms with van der Waals surface area (Å²) >= 11 is 6.26. The number of nitrogens with zero attached hydrogens (tertiary/aromatic N) is 1. The van der Waals surface area contributed by atoms with Crippen LogP contribution in [-0.4, -0.2) is 37.2 Å². The monoisotopic (exact) mass is 298 g/mol. The summed E-state index contributed by atoms with van der Waals surface area (Å²) in [4.78, 5) is 2.33. The van der Waals surface area contributed by atoms with E-state index in [-0.39, 0.29) is 6.04 Å². The van der Waals surface area contributed by atoms with Gasteiger partial charge in [-0.25, -0.2) is 0 Å². The summed E-state index contributed by atoms with van der Waals surface area (Å²) in [5, 5.41) is 0.672. The van der Waals surface area contributed by atoms with E-state index in [4.69, 9.17) is 22.1 Å². The molecule has 1 aromatic carbocycles. The predicted octanol–water partition coefficient (Wildman–Crippen LogP) is 3.34. The first-order valence-electron chi connectivity index (χ1n) is 7.50. The molecule has 3 nitrogen and oxygen atoms in total. The molecule has 0 fully saturated rings. The van der Waals surface area contributed by atoms with Gasteiger partial charge in [0.15, 0.2) is 0 Å².